The molecule has 34 heavy (non-hydrogen) atoms. The SMILES string of the molecule is CC(C)CC(N)C(=O)NC(Cc1ccc(O)cc1)C(=O)NC(CC(C)C)C(=O)NC(C)C(=O)O. The van der Waals surface area contributed by atoms with Crippen LogP contribution in [0.25, 0.3) is 0 Å². The Morgan fingerprint density at radius 2 is 1.29 bits per heavy atom. The first-order valence-electron chi connectivity index (χ1n) is 11.5. The molecule has 1 rings (SSSR count). The predicted molar refractivity (Wildman–Crippen MR) is 128 cm³/mol. The van der Waals surface area contributed by atoms with Crippen LogP contribution in [0.5, 0.6) is 5.75 Å². The van der Waals surface area contributed by atoms with Gasteiger partial charge in [-0.25, -0.2) is 0 Å². The summed E-state index contributed by atoms with van der Waals surface area (Å²) in [4.78, 5) is 49.6. The number of carbonyl (C=O) groups excluding carboxylic acids is 3. The number of carboxylic acids is 1. The van der Waals surface area contributed by atoms with Crippen LogP contribution in [0.15, 0.2) is 24.3 Å². The summed E-state index contributed by atoms with van der Waals surface area (Å²) < 4.78 is 0. The molecule has 0 aliphatic rings. The fourth-order valence-corrected chi connectivity index (χ4v) is 3.32. The summed E-state index contributed by atoms with van der Waals surface area (Å²) in [6.07, 6.45) is 0.815. The van der Waals surface area contributed by atoms with E-state index < -0.39 is 47.9 Å². The maximum absolute atomic E-state index is 13.2. The van der Waals surface area contributed by atoms with Crippen LogP contribution in [-0.2, 0) is 25.6 Å². The number of amides is 3. The molecule has 0 heterocycles. The fourth-order valence-electron chi connectivity index (χ4n) is 3.32. The van der Waals surface area contributed by atoms with E-state index in [1.807, 2.05) is 27.7 Å². The number of aliphatic carboxylic acids is 1. The van der Waals surface area contributed by atoms with Crippen molar-refractivity contribution in [3.05, 3.63) is 29.8 Å². The monoisotopic (exact) mass is 478 g/mol. The molecule has 10 nitrogen and oxygen atoms in total. The van der Waals surface area contributed by atoms with Crippen molar-refractivity contribution < 1.29 is 29.4 Å². The average molecular weight is 479 g/mol. The zero-order chi connectivity index (χ0) is 26.0. The van der Waals surface area contributed by atoms with Gasteiger partial charge in [0.25, 0.3) is 0 Å². The Morgan fingerprint density at radius 1 is 0.794 bits per heavy atom. The van der Waals surface area contributed by atoms with E-state index >= 15 is 0 Å². The van der Waals surface area contributed by atoms with Crippen LogP contribution < -0.4 is 21.7 Å². The van der Waals surface area contributed by atoms with Gasteiger partial charge in [-0.15, -0.1) is 0 Å². The molecule has 0 radical (unpaired) electrons. The molecule has 0 aliphatic heterocycles. The largest absolute Gasteiger partial charge is 0.508 e. The van der Waals surface area contributed by atoms with Crippen molar-refractivity contribution in [1.82, 2.24) is 16.0 Å². The van der Waals surface area contributed by atoms with E-state index in [2.05, 4.69) is 16.0 Å². The summed E-state index contributed by atoms with van der Waals surface area (Å²) in [5.41, 5.74) is 6.66. The number of nitrogens with two attached hydrogens (primary N) is 1. The number of phenols is 1. The summed E-state index contributed by atoms with van der Waals surface area (Å²) in [5, 5.41) is 26.3. The zero-order valence-electron chi connectivity index (χ0n) is 20.5. The number of phenolic OH excluding ortho intramolecular Hbond substituents is 1. The molecule has 1 aromatic rings. The lowest BCUT2D eigenvalue weighted by Gasteiger charge is -2.26. The maximum atomic E-state index is 13.2. The number of hydrogen-bond acceptors (Lipinski definition) is 6. The molecule has 4 unspecified atom stereocenters. The summed E-state index contributed by atoms with van der Waals surface area (Å²) in [6, 6.07) is 2.25. The molecule has 0 aliphatic carbocycles. The fraction of sp³-hybridized carbons (Fsp3) is 0.583. The van der Waals surface area contributed by atoms with Gasteiger partial charge in [0, 0.05) is 6.42 Å². The molecule has 0 bridgehead atoms. The molecule has 0 saturated carbocycles. The molecule has 0 aromatic heterocycles. The van der Waals surface area contributed by atoms with E-state index in [0.717, 1.165) is 0 Å². The van der Waals surface area contributed by atoms with Crippen LogP contribution in [-0.4, -0.2) is 58.1 Å². The standard InChI is InChI=1S/C24H38N4O6/c1-13(2)10-18(25)21(30)27-20(12-16-6-8-17(29)9-7-16)23(32)28-19(11-14(3)4)22(31)26-15(5)24(33)34/h6-9,13-15,18-20,29H,10-12,25H2,1-5H3,(H,26,31)(H,27,30)(H,28,32)(H,33,34). The molecule has 4 atom stereocenters. The molecule has 0 fully saturated rings. The quantitative estimate of drug-likeness (QED) is 0.245. The third-order valence-corrected chi connectivity index (χ3v) is 5.14. The highest BCUT2D eigenvalue weighted by atomic mass is 16.4. The first kappa shape index (κ1) is 28.9. The third kappa shape index (κ3) is 10.2. The van der Waals surface area contributed by atoms with Gasteiger partial charge in [0.15, 0.2) is 0 Å². The lowest BCUT2D eigenvalue weighted by molar-refractivity contribution is -0.142. The molecule has 3 amide bonds. The summed E-state index contributed by atoms with van der Waals surface area (Å²) >= 11 is 0. The highest BCUT2D eigenvalue weighted by Gasteiger charge is 2.30. The second-order valence-corrected chi connectivity index (χ2v) is 9.43. The molecule has 7 N–H and O–H groups in total. The Morgan fingerprint density at radius 3 is 1.79 bits per heavy atom. The van der Waals surface area contributed by atoms with Crippen molar-refractivity contribution in [3.63, 3.8) is 0 Å². The van der Waals surface area contributed by atoms with Crippen molar-refractivity contribution in [2.75, 3.05) is 0 Å². The molecule has 0 saturated heterocycles. The van der Waals surface area contributed by atoms with Gasteiger partial charge in [0.1, 0.15) is 23.9 Å². The highest BCUT2D eigenvalue weighted by molar-refractivity contribution is 5.94. The Bertz CT molecular complexity index is 840. The van der Waals surface area contributed by atoms with Gasteiger partial charge in [0.2, 0.25) is 17.7 Å². The van der Waals surface area contributed by atoms with E-state index in [9.17, 15) is 24.3 Å². The Kier molecular flexibility index (Phi) is 11.5. The van der Waals surface area contributed by atoms with Crippen LogP contribution in [0.3, 0.4) is 0 Å². The number of nitrogens with one attached hydrogen (secondary N) is 3. The average Bonchev–Trinajstić information content (AvgIpc) is 2.73. The molecule has 1 aromatic carbocycles. The second-order valence-electron chi connectivity index (χ2n) is 9.43. The van der Waals surface area contributed by atoms with Gasteiger partial charge in [-0.1, -0.05) is 39.8 Å². The van der Waals surface area contributed by atoms with Crippen molar-refractivity contribution >= 4 is 23.7 Å². The van der Waals surface area contributed by atoms with Gasteiger partial charge in [-0.2, -0.15) is 0 Å². The maximum Gasteiger partial charge on any atom is 0.325 e. The zero-order valence-corrected chi connectivity index (χ0v) is 20.5. The van der Waals surface area contributed by atoms with E-state index in [4.69, 9.17) is 10.8 Å². The molecule has 0 spiro atoms. The highest BCUT2D eigenvalue weighted by Crippen LogP contribution is 2.13. The number of carbonyl (C=O) groups is 4. The van der Waals surface area contributed by atoms with Crippen molar-refractivity contribution in [2.45, 2.75) is 78.0 Å². The van der Waals surface area contributed by atoms with Crippen LogP contribution in [0.2, 0.25) is 0 Å². The van der Waals surface area contributed by atoms with E-state index in [0.29, 0.717) is 12.0 Å². The van der Waals surface area contributed by atoms with Gasteiger partial charge < -0.3 is 31.9 Å². The minimum absolute atomic E-state index is 0.0285. The second kappa shape index (κ2) is 13.5. The normalized spacial score (nSPS) is 14.7. The number of hydrogen-bond donors (Lipinski definition) is 6. The van der Waals surface area contributed by atoms with Gasteiger partial charge in [-0.3, -0.25) is 19.2 Å². The van der Waals surface area contributed by atoms with Crippen LogP contribution in [0, 0.1) is 11.8 Å². The Balaban J connectivity index is 3.09. The summed E-state index contributed by atoms with van der Waals surface area (Å²) in [7, 11) is 0. The minimum Gasteiger partial charge on any atom is -0.508 e. The Labute approximate surface area is 200 Å². The summed E-state index contributed by atoms with van der Waals surface area (Å²) in [6.45, 7) is 8.93. The van der Waals surface area contributed by atoms with Crippen molar-refractivity contribution in [2.24, 2.45) is 17.6 Å². The smallest absolute Gasteiger partial charge is 0.325 e. The molecular formula is C24H38N4O6. The third-order valence-electron chi connectivity index (χ3n) is 5.14. The summed E-state index contributed by atoms with van der Waals surface area (Å²) in [5.74, 6) is -2.63. The Hall–Kier alpha value is -3.14. The van der Waals surface area contributed by atoms with Crippen molar-refractivity contribution in [1.29, 1.82) is 0 Å². The van der Waals surface area contributed by atoms with Gasteiger partial charge in [-0.05, 0) is 49.3 Å². The first-order chi connectivity index (χ1) is 15.8. The van der Waals surface area contributed by atoms with E-state index in [1.54, 1.807) is 12.1 Å². The van der Waals surface area contributed by atoms with Crippen LogP contribution in [0.4, 0.5) is 0 Å². The molecule has 10 heteroatoms. The van der Waals surface area contributed by atoms with Gasteiger partial charge in [0.05, 0.1) is 6.04 Å². The van der Waals surface area contributed by atoms with Crippen molar-refractivity contribution in [3.8, 4) is 5.75 Å². The lowest BCUT2D eigenvalue weighted by atomic mass is 10.00. The van der Waals surface area contributed by atoms with E-state index in [-0.39, 0.29) is 30.4 Å². The van der Waals surface area contributed by atoms with Gasteiger partial charge >= 0.3 is 5.97 Å². The predicted octanol–water partition coefficient (Wildman–Crippen LogP) is 0.913. The lowest BCUT2D eigenvalue weighted by Crippen LogP contribution is -2.57. The number of benzene rings is 1. The number of aromatic hydroxyl groups is 1. The number of rotatable bonds is 13. The van der Waals surface area contributed by atoms with E-state index in [1.165, 1.54) is 19.1 Å². The molecular weight excluding hydrogens is 440 g/mol. The van der Waals surface area contributed by atoms with Crippen LogP contribution in [0.1, 0.15) is 53.0 Å². The molecule has 190 valence electrons. The number of carboxylic acid groups (broad SMARTS) is 1. The topological polar surface area (TPSA) is 171 Å². The minimum atomic E-state index is -1.19. The first-order valence-corrected chi connectivity index (χ1v) is 11.5. The van der Waals surface area contributed by atoms with Crippen LogP contribution >= 0.6 is 0 Å².